The molecule has 1 rings (SSSR count). The van der Waals surface area contributed by atoms with E-state index < -0.39 is 68.0 Å². The molecule has 0 spiro atoms. The van der Waals surface area contributed by atoms with Crippen LogP contribution < -0.4 is 5.32 Å². The van der Waals surface area contributed by atoms with Gasteiger partial charge in [-0.25, -0.2) is 0 Å². The van der Waals surface area contributed by atoms with Gasteiger partial charge in [-0.15, -0.1) is 0 Å². The van der Waals surface area contributed by atoms with Crippen LogP contribution in [0.4, 0.5) is 0 Å². The van der Waals surface area contributed by atoms with Gasteiger partial charge in [-0.05, 0) is 0 Å². The summed E-state index contributed by atoms with van der Waals surface area (Å²) in [5.74, 6) is -1.80. The number of ether oxygens (including phenoxy) is 4. The Balaban J connectivity index is 3.27. The third-order valence-corrected chi connectivity index (χ3v) is 8.58. The average Bonchev–Trinajstić information content (AvgIpc) is 2.49. The summed E-state index contributed by atoms with van der Waals surface area (Å²) in [6.07, 6.45) is -3.86. The van der Waals surface area contributed by atoms with Crippen molar-refractivity contribution in [3.63, 3.8) is 0 Å². The summed E-state index contributed by atoms with van der Waals surface area (Å²) in [6.45, 7) is 4.91. The molecule has 0 saturated carbocycles. The fraction of sp³-hybridized carbons (Fsp3) is 0.750. The first-order chi connectivity index (χ1) is 12.5. The van der Waals surface area contributed by atoms with Crippen LogP contribution in [0.2, 0.25) is 11.4 Å². The van der Waals surface area contributed by atoms with E-state index in [9.17, 15) is 19.2 Å². The van der Waals surface area contributed by atoms with Crippen molar-refractivity contribution < 1.29 is 38.1 Å². The quantitative estimate of drug-likeness (QED) is 0.327. The van der Waals surface area contributed by atoms with Crippen LogP contribution in [0, 0.1) is 0 Å². The Morgan fingerprint density at radius 3 is 1.89 bits per heavy atom. The molecule has 1 aliphatic heterocycles. The summed E-state index contributed by atoms with van der Waals surface area (Å²) in [6, 6.07) is -1.02. The number of hydrogen-bond acceptors (Lipinski definition) is 9. The van der Waals surface area contributed by atoms with Crippen LogP contribution in [-0.4, -0.2) is 73.7 Å². The van der Waals surface area contributed by atoms with Gasteiger partial charge in [0, 0.05) is 0 Å². The molecule has 154 valence electrons. The minimum absolute atomic E-state index is 0.442. The summed E-state index contributed by atoms with van der Waals surface area (Å²) in [7, 11) is 1.69. The molecule has 0 aromatic carbocycles. The molecule has 0 radical (unpaired) electrons. The molecule has 11 heteroatoms. The summed E-state index contributed by atoms with van der Waals surface area (Å²) in [5.41, 5.74) is 4.27. The first kappa shape index (κ1) is 23.8. The van der Waals surface area contributed by atoms with E-state index in [2.05, 4.69) is 16.7 Å². The van der Waals surface area contributed by atoms with Crippen LogP contribution in [-0.2, 0) is 38.1 Å². The molecule has 0 bridgehead atoms. The Morgan fingerprint density at radius 1 is 0.926 bits per heavy atom. The third kappa shape index (κ3) is 8.11. The van der Waals surface area contributed by atoms with Crippen molar-refractivity contribution in [1.29, 1.82) is 0 Å². The zero-order valence-corrected chi connectivity index (χ0v) is 18.9. The summed E-state index contributed by atoms with van der Waals surface area (Å²) in [4.78, 5) is 46.4. The van der Waals surface area contributed by atoms with Gasteiger partial charge >= 0.3 is 166 Å². The molecule has 0 aromatic rings. The molecule has 0 unspecified atom stereocenters. The minimum atomic E-state index is -1.18. The van der Waals surface area contributed by atoms with Crippen LogP contribution in [0.15, 0.2) is 0 Å². The van der Waals surface area contributed by atoms with E-state index in [0.29, 0.717) is 5.75 Å². The van der Waals surface area contributed by atoms with Gasteiger partial charge in [-0.1, -0.05) is 0 Å². The second-order valence-electron chi connectivity index (χ2n) is 6.13. The molecule has 1 N–H and O–H groups in total. The first-order valence-corrected chi connectivity index (χ1v) is 15.2. The van der Waals surface area contributed by atoms with Crippen LogP contribution in [0.1, 0.15) is 27.7 Å². The fourth-order valence-electron chi connectivity index (χ4n) is 2.58. The monoisotopic (exact) mass is 467 g/mol. The third-order valence-electron chi connectivity index (χ3n) is 3.40. The van der Waals surface area contributed by atoms with E-state index in [-0.39, 0.29) is 0 Å². The van der Waals surface area contributed by atoms with E-state index in [4.69, 9.17) is 18.9 Å². The van der Waals surface area contributed by atoms with Crippen molar-refractivity contribution in [3.8, 4) is 0 Å². The van der Waals surface area contributed by atoms with E-state index in [1.807, 2.05) is 0 Å². The molecule has 9 nitrogen and oxygen atoms in total. The summed E-state index contributed by atoms with van der Waals surface area (Å²) >= 11 is -1.10. The average molecular weight is 467 g/mol. The number of esters is 3. The molecule has 5 atom stereocenters. The van der Waals surface area contributed by atoms with Crippen molar-refractivity contribution in [1.82, 2.24) is 5.32 Å². The molecule has 1 amide bonds. The Labute approximate surface area is 166 Å². The summed E-state index contributed by atoms with van der Waals surface area (Å²) < 4.78 is 21.8. The predicted octanol–water partition coefficient (Wildman–Crippen LogP) is 0.627. The van der Waals surface area contributed by atoms with E-state index >= 15 is 0 Å². The standard InChI is InChI=1S/C16H26AsNO8S/c1-8(19)18-13-15(24-10(3)21)14(23-9(2)20)12(7-27-17(5)6)26-16(13)25-11(4)22/h12-16H,7H2,1-6H3,(H,18,19)/t12-,13+,14-,15-,16+/m1/s1. The predicted molar refractivity (Wildman–Crippen MR) is 99.1 cm³/mol. The Hall–Kier alpha value is -1.25. The topological polar surface area (TPSA) is 117 Å². The molecule has 1 fully saturated rings. The van der Waals surface area contributed by atoms with Crippen LogP contribution >= 0.6 is 10.0 Å². The first-order valence-electron chi connectivity index (χ1n) is 8.25. The van der Waals surface area contributed by atoms with Gasteiger partial charge in [-0.3, -0.25) is 0 Å². The van der Waals surface area contributed by atoms with Crippen molar-refractivity contribution >= 4 is 47.3 Å². The van der Waals surface area contributed by atoms with E-state index in [1.54, 1.807) is 10.0 Å². The fourth-order valence-corrected chi connectivity index (χ4v) is 6.09. The van der Waals surface area contributed by atoms with Crippen molar-refractivity contribution in [2.24, 2.45) is 0 Å². The number of rotatable bonds is 7. The zero-order valence-electron chi connectivity index (χ0n) is 16.2. The van der Waals surface area contributed by atoms with Crippen molar-refractivity contribution in [3.05, 3.63) is 0 Å². The van der Waals surface area contributed by atoms with Gasteiger partial charge in [0.05, 0.1) is 0 Å². The molecule has 1 saturated heterocycles. The van der Waals surface area contributed by atoms with Gasteiger partial charge in [0.25, 0.3) is 0 Å². The SMILES string of the molecule is CC(=O)N[C@@H]1[C@@H](OC(C)=O)O[C@H](CS[As](C)C)[C@@H](OC(C)=O)[C@@H]1OC(C)=O. The maximum atomic E-state index is 11.7. The zero-order chi connectivity index (χ0) is 20.7. The van der Waals surface area contributed by atoms with E-state index in [0.717, 1.165) is 0 Å². The normalized spacial score (nSPS) is 27.6. The molecule has 0 aromatic heterocycles. The molecule has 1 heterocycles. The van der Waals surface area contributed by atoms with Crippen molar-refractivity contribution in [2.75, 3.05) is 5.75 Å². The van der Waals surface area contributed by atoms with Crippen LogP contribution in [0.5, 0.6) is 0 Å². The number of carbonyl (C=O) groups is 4. The Morgan fingerprint density at radius 2 is 1.44 bits per heavy atom. The van der Waals surface area contributed by atoms with Gasteiger partial charge in [0.1, 0.15) is 0 Å². The van der Waals surface area contributed by atoms with E-state index in [1.165, 1.54) is 27.7 Å². The van der Waals surface area contributed by atoms with Crippen LogP contribution in [0.25, 0.3) is 0 Å². The maximum absolute atomic E-state index is 11.7. The second-order valence-corrected chi connectivity index (χ2v) is 15.6. The second kappa shape index (κ2) is 10.9. The molecule has 0 aliphatic carbocycles. The molecule has 27 heavy (non-hydrogen) atoms. The van der Waals surface area contributed by atoms with Gasteiger partial charge in [0.2, 0.25) is 0 Å². The van der Waals surface area contributed by atoms with Crippen LogP contribution in [0.3, 0.4) is 0 Å². The number of carbonyl (C=O) groups excluding carboxylic acids is 4. The number of hydrogen-bond donors (Lipinski definition) is 1. The number of nitrogens with one attached hydrogen (secondary N) is 1. The Kier molecular flexibility index (Phi) is 9.62. The number of amides is 1. The van der Waals surface area contributed by atoms with Gasteiger partial charge < -0.3 is 0 Å². The molecular formula is C16H26AsNO8S. The van der Waals surface area contributed by atoms with Gasteiger partial charge in [-0.2, -0.15) is 0 Å². The molecule has 1 aliphatic rings. The summed E-state index contributed by atoms with van der Waals surface area (Å²) in [5, 5.41) is 2.57. The van der Waals surface area contributed by atoms with Crippen molar-refractivity contribution in [2.45, 2.75) is 69.8 Å². The van der Waals surface area contributed by atoms with Gasteiger partial charge in [0.15, 0.2) is 0 Å². The Bertz CT molecular complexity index is 573. The molecular weight excluding hydrogens is 441 g/mol.